The van der Waals surface area contributed by atoms with Gasteiger partial charge in [-0.2, -0.15) is 5.26 Å². The molecule has 1 N–H and O–H groups in total. The minimum Gasteiger partial charge on any atom is -0.490 e. The second-order valence-corrected chi connectivity index (χ2v) is 9.00. The summed E-state index contributed by atoms with van der Waals surface area (Å²) in [6, 6.07) is 18.1. The lowest BCUT2D eigenvalue weighted by Crippen LogP contribution is -2.13. The maximum absolute atomic E-state index is 12.7. The van der Waals surface area contributed by atoms with E-state index in [1.54, 1.807) is 30.3 Å². The summed E-state index contributed by atoms with van der Waals surface area (Å²) in [5, 5.41) is 13.1. The normalized spacial score (nSPS) is 11.0. The smallest absolute Gasteiger partial charge is 0.266 e. The molecule has 0 unspecified atom stereocenters. The third-order valence-corrected chi connectivity index (χ3v) is 5.95. The van der Waals surface area contributed by atoms with Crippen molar-refractivity contribution < 1.29 is 14.3 Å². The number of amides is 1. The van der Waals surface area contributed by atoms with Gasteiger partial charge in [-0.25, -0.2) is 0 Å². The number of hydrogen-bond acceptors (Lipinski definition) is 4. The Kier molecular flexibility index (Phi) is 9.00. The average Bonchev–Trinajstić information content (AvgIpc) is 2.80. The molecule has 0 atom stereocenters. The predicted molar refractivity (Wildman–Crippen MR) is 140 cm³/mol. The first-order chi connectivity index (χ1) is 16.3. The quantitative estimate of drug-likeness (QED) is 0.228. The molecular formula is C26H21BrCl2N2O3. The van der Waals surface area contributed by atoms with Crippen LogP contribution in [0.25, 0.3) is 6.08 Å². The van der Waals surface area contributed by atoms with E-state index in [1.807, 2.05) is 44.2 Å². The van der Waals surface area contributed by atoms with Crippen molar-refractivity contribution in [3.05, 3.63) is 91.4 Å². The van der Waals surface area contributed by atoms with Crippen molar-refractivity contribution in [2.75, 3.05) is 11.9 Å². The highest BCUT2D eigenvalue weighted by atomic mass is 79.9. The van der Waals surface area contributed by atoms with Gasteiger partial charge in [0.25, 0.3) is 5.91 Å². The summed E-state index contributed by atoms with van der Waals surface area (Å²) in [6.07, 6.45) is 1.44. The van der Waals surface area contributed by atoms with Crippen LogP contribution in [0.4, 0.5) is 5.69 Å². The fourth-order valence-electron chi connectivity index (χ4n) is 2.99. The number of anilines is 1. The van der Waals surface area contributed by atoms with E-state index in [0.29, 0.717) is 46.0 Å². The van der Waals surface area contributed by atoms with Crippen molar-refractivity contribution in [3.8, 4) is 17.6 Å². The Balaban J connectivity index is 1.84. The first-order valence-corrected chi connectivity index (χ1v) is 11.9. The minimum absolute atomic E-state index is 0.0984. The first-order valence-electron chi connectivity index (χ1n) is 10.3. The number of nitrogens with one attached hydrogen (secondary N) is 1. The molecule has 174 valence electrons. The topological polar surface area (TPSA) is 71.3 Å². The van der Waals surface area contributed by atoms with E-state index in [-0.39, 0.29) is 5.57 Å². The molecule has 0 fully saturated rings. The molecule has 0 heterocycles. The SMILES string of the molecule is CCOc1cc(/C=C(/C#N)C(=O)Nc2ccc(C)c(Cl)c2)cc(Cl)c1OCc1ccc(Br)cc1. The number of carbonyl (C=O) groups excluding carboxylic acids is 1. The Morgan fingerprint density at radius 2 is 1.82 bits per heavy atom. The lowest BCUT2D eigenvalue weighted by molar-refractivity contribution is -0.112. The number of halogens is 3. The molecule has 0 aromatic heterocycles. The van der Waals surface area contributed by atoms with Crippen LogP contribution < -0.4 is 14.8 Å². The van der Waals surface area contributed by atoms with Gasteiger partial charge in [0.2, 0.25) is 0 Å². The molecule has 0 aliphatic heterocycles. The van der Waals surface area contributed by atoms with Gasteiger partial charge < -0.3 is 14.8 Å². The third kappa shape index (κ3) is 6.77. The summed E-state index contributed by atoms with van der Waals surface area (Å²) in [7, 11) is 0. The van der Waals surface area contributed by atoms with Crippen molar-refractivity contribution >= 4 is 56.8 Å². The molecule has 3 aromatic rings. The van der Waals surface area contributed by atoms with E-state index in [4.69, 9.17) is 32.7 Å². The van der Waals surface area contributed by atoms with Crippen LogP contribution in [0.2, 0.25) is 10.0 Å². The molecular weight excluding hydrogens is 539 g/mol. The maximum atomic E-state index is 12.7. The van der Waals surface area contributed by atoms with Gasteiger partial charge in [0.1, 0.15) is 18.2 Å². The molecule has 0 bridgehead atoms. The number of hydrogen-bond donors (Lipinski definition) is 1. The highest BCUT2D eigenvalue weighted by Gasteiger charge is 2.15. The van der Waals surface area contributed by atoms with E-state index < -0.39 is 5.91 Å². The molecule has 0 radical (unpaired) electrons. The number of carbonyl (C=O) groups is 1. The molecule has 1 amide bonds. The fourth-order valence-corrected chi connectivity index (χ4v) is 3.71. The largest absolute Gasteiger partial charge is 0.490 e. The molecule has 0 saturated heterocycles. The average molecular weight is 560 g/mol. The lowest BCUT2D eigenvalue weighted by Gasteiger charge is -2.15. The third-order valence-electron chi connectivity index (χ3n) is 4.73. The summed E-state index contributed by atoms with van der Waals surface area (Å²) < 4.78 is 12.6. The van der Waals surface area contributed by atoms with Crippen molar-refractivity contribution in [2.24, 2.45) is 0 Å². The molecule has 0 spiro atoms. The predicted octanol–water partition coefficient (Wildman–Crippen LogP) is 7.59. The van der Waals surface area contributed by atoms with E-state index in [2.05, 4.69) is 21.2 Å². The van der Waals surface area contributed by atoms with Crippen molar-refractivity contribution in [1.29, 1.82) is 5.26 Å². The zero-order valence-corrected chi connectivity index (χ0v) is 21.6. The Bertz CT molecular complexity index is 1270. The van der Waals surface area contributed by atoms with Gasteiger partial charge in [0, 0.05) is 15.2 Å². The zero-order valence-electron chi connectivity index (χ0n) is 18.5. The monoisotopic (exact) mass is 558 g/mol. The van der Waals surface area contributed by atoms with Crippen molar-refractivity contribution in [3.63, 3.8) is 0 Å². The zero-order chi connectivity index (χ0) is 24.7. The summed E-state index contributed by atoms with van der Waals surface area (Å²) >= 11 is 16.0. The number of nitriles is 1. The summed E-state index contributed by atoms with van der Waals surface area (Å²) in [5.74, 6) is 0.245. The molecule has 0 aliphatic rings. The minimum atomic E-state index is -0.563. The van der Waals surface area contributed by atoms with Crippen LogP contribution in [-0.4, -0.2) is 12.5 Å². The number of aryl methyl sites for hydroxylation is 1. The van der Waals surface area contributed by atoms with Crippen LogP contribution in [0.5, 0.6) is 11.5 Å². The standard InChI is InChI=1S/C26H21BrCl2N2O3/c1-3-33-24-12-18(11-23(29)25(24)34-15-17-5-7-20(27)8-6-17)10-19(14-30)26(32)31-21-9-4-16(2)22(28)13-21/h4-13H,3,15H2,1-2H3,(H,31,32)/b19-10-. The summed E-state index contributed by atoms with van der Waals surface area (Å²) in [4.78, 5) is 12.7. The summed E-state index contributed by atoms with van der Waals surface area (Å²) in [5.41, 5.74) is 2.77. The molecule has 3 aromatic carbocycles. The Morgan fingerprint density at radius 1 is 1.09 bits per heavy atom. The molecule has 0 aliphatic carbocycles. The molecule has 34 heavy (non-hydrogen) atoms. The Morgan fingerprint density at radius 3 is 2.47 bits per heavy atom. The van der Waals surface area contributed by atoms with E-state index >= 15 is 0 Å². The van der Waals surface area contributed by atoms with Crippen LogP contribution in [0.3, 0.4) is 0 Å². The van der Waals surface area contributed by atoms with Crippen LogP contribution >= 0.6 is 39.1 Å². The second kappa shape index (κ2) is 11.9. The van der Waals surface area contributed by atoms with Gasteiger partial charge in [-0.05, 0) is 73.0 Å². The van der Waals surface area contributed by atoms with Gasteiger partial charge in [-0.1, -0.05) is 57.3 Å². The van der Waals surface area contributed by atoms with Gasteiger partial charge in [-0.3, -0.25) is 4.79 Å². The second-order valence-electron chi connectivity index (χ2n) is 7.27. The lowest BCUT2D eigenvalue weighted by atomic mass is 10.1. The van der Waals surface area contributed by atoms with E-state index in [0.717, 1.165) is 15.6 Å². The number of benzene rings is 3. The van der Waals surface area contributed by atoms with Gasteiger partial charge in [0.05, 0.1) is 11.6 Å². The molecule has 3 rings (SSSR count). The fraction of sp³-hybridized carbons (Fsp3) is 0.154. The van der Waals surface area contributed by atoms with Gasteiger partial charge in [0.15, 0.2) is 11.5 Å². The first kappa shape index (κ1) is 25.6. The Labute approximate surface area is 217 Å². The van der Waals surface area contributed by atoms with Gasteiger partial charge in [-0.15, -0.1) is 0 Å². The van der Waals surface area contributed by atoms with Crippen molar-refractivity contribution in [2.45, 2.75) is 20.5 Å². The maximum Gasteiger partial charge on any atom is 0.266 e. The molecule has 8 heteroatoms. The Hall–Kier alpha value is -2.98. The van der Waals surface area contributed by atoms with Gasteiger partial charge >= 0.3 is 0 Å². The van der Waals surface area contributed by atoms with Crippen LogP contribution in [0.1, 0.15) is 23.6 Å². The number of nitrogens with zero attached hydrogens (tertiary/aromatic N) is 1. The van der Waals surface area contributed by atoms with E-state index in [9.17, 15) is 10.1 Å². The highest BCUT2D eigenvalue weighted by molar-refractivity contribution is 9.10. The van der Waals surface area contributed by atoms with E-state index in [1.165, 1.54) is 6.08 Å². The van der Waals surface area contributed by atoms with Crippen molar-refractivity contribution in [1.82, 2.24) is 0 Å². The van der Waals surface area contributed by atoms with Crippen LogP contribution in [0.15, 0.2) is 64.6 Å². The highest BCUT2D eigenvalue weighted by Crippen LogP contribution is 2.38. The molecule has 0 saturated carbocycles. The number of ether oxygens (including phenoxy) is 2. The molecule has 5 nitrogen and oxygen atoms in total. The van der Waals surface area contributed by atoms with Crippen LogP contribution in [0, 0.1) is 18.3 Å². The number of rotatable bonds is 8. The van der Waals surface area contributed by atoms with Crippen LogP contribution in [-0.2, 0) is 11.4 Å². The summed E-state index contributed by atoms with van der Waals surface area (Å²) in [6.45, 7) is 4.39.